The molecule has 1 aromatic carbocycles. The fourth-order valence-electron chi connectivity index (χ4n) is 2.48. The quantitative estimate of drug-likeness (QED) is 0.623. The van der Waals surface area contributed by atoms with Gasteiger partial charge in [-0.1, -0.05) is 11.2 Å². The number of hydrogen-bond acceptors (Lipinski definition) is 6. The average molecular weight is 432 g/mol. The Morgan fingerprint density at radius 1 is 1.18 bits per heavy atom. The summed E-state index contributed by atoms with van der Waals surface area (Å²) in [6.45, 7) is 3.36. The highest BCUT2D eigenvalue weighted by atomic mass is 32.2. The monoisotopic (exact) mass is 432 g/mol. The lowest BCUT2D eigenvalue weighted by Crippen LogP contribution is -2.14. The minimum atomic E-state index is -4.67. The predicted molar refractivity (Wildman–Crippen MR) is 98.1 cm³/mol. The maximum Gasteiger partial charge on any atom is 0.452 e. The standard InChI is InChI=1S/C17H15F3N2O4S2/c1-9-4-5-13(25-3)11(6-9)22-28(23,24)15-8-14(27-10(15)2)12-7-16(26-21-12)17(18,19)20/h4-8,22H,1-3H3. The molecule has 28 heavy (non-hydrogen) atoms. The lowest BCUT2D eigenvalue weighted by molar-refractivity contribution is -0.155. The summed E-state index contributed by atoms with van der Waals surface area (Å²) in [5, 5.41) is 3.39. The van der Waals surface area contributed by atoms with Crippen LogP contribution in [0.25, 0.3) is 10.6 Å². The molecule has 2 heterocycles. The second kappa shape index (κ2) is 7.13. The highest BCUT2D eigenvalue weighted by Gasteiger charge is 2.36. The lowest BCUT2D eigenvalue weighted by atomic mass is 10.2. The Bertz CT molecular complexity index is 1120. The van der Waals surface area contributed by atoms with Crippen LogP contribution in [0.2, 0.25) is 0 Å². The molecule has 0 spiro atoms. The SMILES string of the molecule is COc1ccc(C)cc1NS(=O)(=O)c1cc(-c2cc(C(F)(F)F)on2)sc1C. The Balaban J connectivity index is 1.96. The molecule has 2 aromatic heterocycles. The first-order valence-electron chi connectivity index (χ1n) is 7.83. The molecule has 0 aliphatic rings. The predicted octanol–water partition coefficient (Wildman–Crippen LogP) is 4.85. The van der Waals surface area contributed by atoms with Crippen molar-refractivity contribution >= 4 is 27.0 Å². The van der Waals surface area contributed by atoms with Crippen LogP contribution in [-0.4, -0.2) is 20.7 Å². The number of rotatable bonds is 5. The molecule has 3 aromatic rings. The molecule has 6 nitrogen and oxygen atoms in total. The number of aryl methyl sites for hydroxylation is 2. The fourth-order valence-corrected chi connectivity index (χ4v) is 5.09. The van der Waals surface area contributed by atoms with Gasteiger partial charge in [-0.05, 0) is 37.6 Å². The first-order valence-corrected chi connectivity index (χ1v) is 10.1. The molecular weight excluding hydrogens is 417 g/mol. The first kappa shape index (κ1) is 20.2. The number of anilines is 1. The Kier molecular flexibility index (Phi) is 5.15. The molecule has 0 fully saturated rings. The maximum atomic E-state index is 12.8. The summed E-state index contributed by atoms with van der Waals surface area (Å²) in [6.07, 6.45) is -4.67. The molecule has 11 heteroatoms. The molecule has 3 rings (SSSR count). The number of thiophene rings is 1. The third-order valence-electron chi connectivity index (χ3n) is 3.80. The summed E-state index contributed by atoms with van der Waals surface area (Å²) in [4.78, 5) is 0.576. The molecule has 0 unspecified atom stereocenters. The van der Waals surface area contributed by atoms with Gasteiger partial charge in [-0.15, -0.1) is 11.3 Å². The average Bonchev–Trinajstić information content (AvgIpc) is 3.21. The molecule has 0 amide bonds. The fraction of sp³-hybridized carbons (Fsp3) is 0.235. The van der Waals surface area contributed by atoms with E-state index in [4.69, 9.17) is 4.74 Å². The summed E-state index contributed by atoms with van der Waals surface area (Å²) in [6, 6.07) is 7.02. The zero-order valence-corrected chi connectivity index (χ0v) is 16.6. The molecule has 1 N–H and O–H groups in total. The highest BCUT2D eigenvalue weighted by molar-refractivity contribution is 7.93. The number of ether oxygens (including phenoxy) is 1. The minimum absolute atomic E-state index is 0.0624. The van der Waals surface area contributed by atoms with Crippen LogP contribution in [0.15, 0.2) is 39.8 Å². The van der Waals surface area contributed by atoms with Crippen molar-refractivity contribution in [2.75, 3.05) is 11.8 Å². The van der Waals surface area contributed by atoms with E-state index in [9.17, 15) is 21.6 Å². The maximum absolute atomic E-state index is 12.8. The summed E-state index contributed by atoms with van der Waals surface area (Å²) in [5.74, 6) is -0.908. The van der Waals surface area contributed by atoms with Gasteiger partial charge in [-0.2, -0.15) is 13.2 Å². The number of nitrogens with one attached hydrogen (secondary N) is 1. The second-order valence-corrected chi connectivity index (χ2v) is 8.82. The van der Waals surface area contributed by atoms with E-state index in [2.05, 4.69) is 14.4 Å². The van der Waals surface area contributed by atoms with Gasteiger partial charge in [-0.25, -0.2) is 8.42 Å². The van der Waals surface area contributed by atoms with Crippen molar-refractivity contribution in [3.05, 3.63) is 46.5 Å². The Morgan fingerprint density at radius 2 is 1.89 bits per heavy atom. The van der Waals surface area contributed by atoms with Gasteiger partial charge in [0.25, 0.3) is 10.0 Å². The third kappa shape index (κ3) is 3.99. The van der Waals surface area contributed by atoms with Gasteiger partial charge in [0.2, 0.25) is 5.76 Å². The second-order valence-electron chi connectivity index (χ2n) is 5.91. The van der Waals surface area contributed by atoms with Gasteiger partial charge in [-0.3, -0.25) is 4.72 Å². The van der Waals surface area contributed by atoms with Crippen molar-refractivity contribution in [2.45, 2.75) is 24.9 Å². The normalized spacial score (nSPS) is 12.2. The summed E-state index contributed by atoms with van der Waals surface area (Å²) in [5.41, 5.74) is 0.994. The van der Waals surface area contributed by atoms with Crippen LogP contribution in [-0.2, 0) is 16.2 Å². The van der Waals surface area contributed by atoms with Crippen molar-refractivity contribution in [1.29, 1.82) is 0 Å². The number of hydrogen-bond donors (Lipinski definition) is 1. The van der Waals surface area contributed by atoms with E-state index in [1.54, 1.807) is 32.0 Å². The first-order chi connectivity index (χ1) is 13.0. The van der Waals surface area contributed by atoms with Gasteiger partial charge >= 0.3 is 6.18 Å². The van der Waals surface area contributed by atoms with E-state index in [0.29, 0.717) is 10.6 Å². The molecule has 150 valence electrons. The van der Waals surface area contributed by atoms with E-state index in [-0.39, 0.29) is 21.2 Å². The van der Waals surface area contributed by atoms with Crippen LogP contribution in [0.5, 0.6) is 5.75 Å². The summed E-state index contributed by atoms with van der Waals surface area (Å²) < 4.78 is 75.7. The van der Waals surface area contributed by atoms with Gasteiger partial charge in [0, 0.05) is 10.9 Å². The largest absolute Gasteiger partial charge is 0.495 e. The van der Waals surface area contributed by atoms with Crippen LogP contribution < -0.4 is 9.46 Å². The number of halogens is 3. The highest BCUT2D eigenvalue weighted by Crippen LogP contribution is 2.37. The van der Waals surface area contributed by atoms with Crippen molar-refractivity contribution in [2.24, 2.45) is 0 Å². The van der Waals surface area contributed by atoms with E-state index in [0.717, 1.165) is 23.0 Å². The molecule has 0 aliphatic carbocycles. The van der Waals surface area contributed by atoms with Crippen molar-refractivity contribution < 1.29 is 30.8 Å². The number of benzene rings is 1. The molecule has 0 aliphatic heterocycles. The molecule has 0 bridgehead atoms. The van der Waals surface area contributed by atoms with Crippen molar-refractivity contribution in [3.8, 4) is 16.3 Å². The third-order valence-corrected chi connectivity index (χ3v) is 6.50. The molecule has 0 radical (unpaired) electrons. The number of sulfonamides is 1. The Labute approximate surface area is 163 Å². The lowest BCUT2D eigenvalue weighted by Gasteiger charge is -2.12. The van der Waals surface area contributed by atoms with Crippen LogP contribution in [0.3, 0.4) is 0 Å². The van der Waals surface area contributed by atoms with Crippen molar-refractivity contribution in [1.82, 2.24) is 5.16 Å². The van der Waals surface area contributed by atoms with Crippen LogP contribution >= 0.6 is 11.3 Å². The van der Waals surface area contributed by atoms with Gasteiger partial charge in [0.1, 0.15) is 16.3 Å². The number of aromatic nitrogens is 1. The van der Waals surface area contributed by atoms with E-state index >= 15 is 0 Å². The molecule has 0 atom stereocenters. The van der Waals surface area contributed by atoms with E-state index < -0.39 is 22.0 Å². The van der Waals surface area contributed by atoms with E-state index in [1.165, 1.54) is 13.2 Å². The van der Waals surface area contributed by atoms with E-state index in [1.807, 2.05) is 0 Å². The van der Waals surface area contributed by atoms with Gasteiger partial charge < -0.3 is 9.26 Å². The number of methoxy groups -OCH3 is 1. The molecule has 0 saturated heterocycles. The van der Waals surface area contributed by atoms with Crippen molar-refractivity contribution in [3.63, 3.8) is 0 Å². The molecular formula is C17H15F3N2O4S2. The summed E-state index contributed by atoms with van der Waals surface area (Å²) in [7, 11) is -2.59. The van der Waals surface area contributed by atoms with Gasteiger partial charge in [0.15, 0.2) is 0 Å². The number of nitrogens with zero attached hydrogens (tertiary/aromatic N) is 1. The minimum Gasteiger partial charge on any atom is -0.495 e. The summed E-state index contributed by atoms with van der Waals surface area (Å²) >= 11 is 1.00. The zero-order valence-electron chi connectivity index (χ0n) is 14.9. The smallest absolute Gasteiger partial charge is 0.452 e. The zero-order chi connectivity index (χ0) is 20.7. The van der Waals surface area contributed by atoms with Crippen LogP contribution in [0, 0.1) is 13.8 Å². The van der Waals surface area contributed by atoms with Crippen LogP contribution in [0.1, 0.15) is 16.2 Å². The Morgan fingerprint density at radius 3 is 2.50 bits per heavy atom. The Hall–Kier alpha value is -2.53. The number of alkyl halides is 3. The topological polar surface area (TPSA) is 81.4 Å². The molecule has 0 saturated carbocycles. The van der Waals surface area contributed by atoms with Gasteiger partial charge in [0.05, 0.1) is 17.7 Å². The van der Waals surface area contributed by atoms with Crippen LogP contribution in [0.4, 0.5) is 18.9 Å².